The molecule has 1 aromatic rings. The van der Waals surface area contributed by atoms with Crippen LogP contribution in [0.15, 0.2) is 18.2 Å². The Kier molecular flexibility index (Phi) is 7.27. The predicted octanol–water partition coefficient (Wildman–Crippen LogP) is 1.97. The van der Waals surface area contributed by atoms with Gasteiger partial charge in [-0.2, -0.15) is 0 Å². The molecule has 0 bridgehead atoms. The van der Waals surface area contributed by atoms with Gasteiger partial charge in [0.15, 0.2) is 0 Å². The molecule has 3 fully saturated rings. The third-order valence-electron chi connectivity index (χ3n) is 6.78. The fourth-order valence-electron chi connectivity index (χ4n) is 5.09. The van der Waals surface area contributed by atoms with Crippen LogP contribution in [0.5, 0.6) is 5.75 Å². The van der Waals surface area contributed by atoms with E-state index in [0.717, 1.165) is 38.6 Å². The third kappa shape index (κ3) is 5.22. The number of benzene rings is 1. The van der Waals surface area contributed by atoms with Gasteiger partial charge in [-0.3, -0.25) is 9.59 Å². The summed E-state index contributed by atoms with van der Waals surface area (Å²) < 4.78 is 31.9. The van der Waals surface area contributed by atoms with Gasteiger partial charge in [-0.15, -0.1) is 0 Å². The first-order valence-corrected chi connectivity index (χ1v) is 11.3. The summed E-state index contributed by atoms with van der Waals surface area (Å²) in [6.07, 6.45) is 3.91. The highest BCUT2D eigenvalue weighted by Crippen LogP contribution is 2.40. The fraction of sp³-hybridized carbons (Fsp3) is 0.652. The summed E-state index contributed by atoms with van der Waals surface area (Å²) in [5.41, 5.74) is 0.136. The van der Waals surface area contributed by atoms with Crippen LogP contribution in [0.3, 0.4) is 0 Å². The molecule has 2 aliphatic heterocycles. The number of morpholine rings is 1. The smallest absolute Gasteiger partial charge is 0.306 e. The van der Waals surface area contributed by atoms with Gasteiger partial charge in [0.05, 0.1) is 43.9 Å². The van der Waals surface area contributed by atoms with Crippen LogP contribution in [0.25, 0.3) is 0 Å². The van der Waals surface area contributed by atoms with E-state index in [2.05, 4.69) is 10.6 Å². The molecule has 0 aromatic heterocycles. The zero-order valence-electron chi connectivity index (χ0n) is 18.1. The van der Waals surface area contributed by atoms with Crippen LogP contribution in [-0.4, -0.2) is 67.6 Å². The predicted molar refractivity (Wildman–Crippen MR) is 113 cm³/mol. The number of amides is 1. The lowest BCUT2D eigenvalue weighted by atomic mass is 9.82. The lowest BCUT2D eigenvalue weighted by Crippen LogP contribution is -2.64. The molecule has 0 radical (unpaired) electrons. The Bertz CT molecular complexity index is 829. The van der Waals surface area contributed by atoms with Crippen molar-refractivity contribution in [2.45, 2.75) is 62.1 Å². The number of carbonyl (C=O) groups excluding carboxylic acids is 1. The van der Waals surface area contributed by atoms with Gasteiger partial charge in [0.1, 0.15) is 18.2 Å². The van der Waals surface area contributed by atoms with Gasteiger partial charge in [-0.05, 0) is 56.7 Å². The van der Waals surface area contributed by atoms with Crippen molar-refractivity contribution in [1.29, 1.82) is 0 Å². The summed E-state index contributed by atoms with van der Waals surface area (Å²) in [5, 5.41) is 15.3. The van der Waals surface area contributed by atoms with Gasteiger partial charge in [0.25, 0.3) is 0 Å². The van der Waals surface area contributed by atoms with Crippen molar-refractivity contribution in [2.75, 3.05) is 33.0 Å². The molecular formula is C23H31FN2O6. The van der Waals surface area contributed by atoms with E-state index in [1.54, 1.807) is 12.1 Å². The number of halogens is 1. The van der Waals surface area contributed by atoms with Crippen LogP contribution in [0.2, 0.25) is 0 Å². The van der Waals surface area contributed by atoms with E-state index >= 15 is 0 Å². The maximum atomic E-state index is 14.6. The summed E-state index contributed by atoms with van der Waals surface area (Å²) in [6.45, 7) is 1.91. The maximum Gasteiger partial charge on any atom is 0.306 e. The molecule has 1 saturated carbocycles. The molecule has 1 aliphatic carbocycles. The normalized spacial score (nSPS) is 30.3. The summed E-state index contributed by atoms with van der Waals surface area (Å²) in [4.78, 5) is 22.6. The molecule has 2 atom stereocenters. The largest absolute Gasteiger partial charge is 0.493 e. The molecule has 1 spiro atoms. The van der Waals surface area contributed by atoms with Gasteiger partial charge in [0, 0.05) is 5.56 Å². The first-order valence-electron chi connectivity index (χ1n) is 11.3. The Morgan fingerprint density at radius 2 is 2.09 bits per heavy atom. The number of carbonyl (C=O) groups is 2. The average molecular weight is 451 g/mol. The highest BCUT2D eigenvalue weighted by Gasteiger charge is 2.46. The monoisotopic (exact) mass is 450 g/mol. The van der Waals surface area contributed by atoms with Crippen molar-refractivity contribution in [2.24, 2.45) is 0 Å². The third-order valence-corrected chi connectivity index (χ3v) is 6.78. The van der Waals surface area contributed by atoms with E-state index in [-0.39, 0.29) is 49.4 Å². The number of hydrogen-bond acceptors (Lipinski definition) is 6. The summed E-state index contributed by atoms with van der Waals surface area (Å²) in [6, 6.07) is 4.72. The number of aliphatic carboxylic acids is 1. The number of hydrogen-bond donors (Lipinski definition) is 3. The molecular weight excluding hydrogens is 419 g/mol. The van der Waals surface area contributed by atoms with Gasteiger partial charge >= 0.3 is 5.97 Å². The molecule has 32 heavy (non-hydrogen) atoms. The SMILES string of the molecule is O=C(O)CCOc1cccc(F)c1C1CCC(OC[C@@H]2NCC[C@@]23COCC(=O)N3)CC1. The van der Waals surface area contributed by atoms with Crippen molar-refractivity contribution >= 4 is 11.9 Å². The average Bonchev–Trinajstić information content (AvgIpc) is 3.13. The molecule has 176 valence electrons. The topological polar surface area (TPSA) is 106 Å². The first-order chi connectivity index (χ1) is 15.5. The van der Waals surface area contributed by atoms with Crippen LogP contribution < -0.4 is 15.4 Å². The molecule has 1 aromatic carbocycles. The Morgan fingerprint density at radius 1 is 1.28 bits per heavy atom. The molecule has 2 saturated heterocycles. The Morgan fingerprint density at radius 3 is 2.84 bits per heavy atom. The molecule has 3 aliphatic rings. The molecule has 9 heteroatoms. The van der Waals surface area contributed by atoms with Crippen molar-refractivity contribution in [3.05, 3.63) is 29.6 Å². The molecule has 8 nitrogen and oxygen atoms in total. The molecule has 0 unspecified atom stereocenters. The molecule has 3 N–H and O–H groups in total. The Balaban J connectivity index is 1.30. The minimum atomic E-state index is -0.946. The van der Waals surface area contributed by atoms with Gasteiger partial charge in [0.2, 0.25) is 5.91 Å². The van der Waals surface area contributed by atoms with E-state index in [1.807, 2.05) is 0 Å². The summed E-state index contributed by atoms with van der Waals surface area (Å²) >= 11 is 0. The van der Waals surface area contributed by atoms with E-state index in [4.69, 9.17) is 19.3 Å². The molecule has 2 heterocycles. The van der Waals surface area contributed by atoms with Crippen molar-refractivity contribution in [1.82, 2.24) is 10.6 Å². The quantitative estimate of drug-likeness (QED) is 0.556. The number of nitrogens with one attached hydrogen (secondary N) is 2. The van der Waals surface area contributed by atoms with Crippen LogP contribution in [0, 0.1) is 5.82 Å². The minimum absolute atomic E-state index is 0.00489. The molecule has 4 rings (SSSR count). The van der Waals surface area contributed by atoms with Crippen LogP contribution >= 0.6 is 0 Å². The minimum Gasteiger partial charge on any atom is -0.493 e. The van der Waals surface area contributed by atoms with E-state index in [1.165, 1.54) is 6.07 Å². The number of ether oxygens (including phenoxy) is 3. The second kappa shape index (κ2) is 10.1. The zero-order chi connectivity index (χ0) is 22.6. The highest BCUT2D eigenvalue weighted by atomic mass is 19.1. The van der Waals surface area contributed by atoms with Crippen LogP contribution in [0.4, 0.5) is 4.39 Å². The van der Waals surface area contributed by atoms with Crippen molar-refractivity contribution in [3.63, 3.8) is 0 Å². The lowest BCUT2D eigenvalue weighted by Gasteiger charge is -2.39. The van der Waals surface area contributed by atoms with E-state index in [9.17, 15) is 14.0 Å². The van der Waals surface area contributed by atoms with E-state index in [0.29, 0.717) is 24.5 Å². The second-order valence-electron chi connectivity index (χ2n) is 8.90. The van der Waals surface area contributed by atoms with Crippen LogP contribution in [-0.2, 0) is 19.1 Å². The standard InChI is InChI=1S/C23H31FN2O6/c24-17-2-1-3-18(31-11-8-21(28)29)22(17)15-4-6-16(7-5-15)32-12-19-23(9-10-25-19)14-30-13-20(27)26-23/h1-3,15-16,19,25H,4-14H2,(H,26,27)(H,28,29)/t15?,16?,19-,23+/m0/s1. The van der Waals surface area contributed by atoms with Crippen molar-refractivity contribution < 1.29 is 33.3 Å². The second-order valence-corrected chi connectivity index (χ2v) is 8.90. The number of carboxylic acid groups (broad SMARTS) is 1. The van der Waals surface area contributed by atoms with Crippen LogP contribution in [0.1, 0.15) is 50.0 Å². The number of carboxylic acids is 1. The highest BCUT2D eigenvalue weighted by molar-refractivity contribution is 5.79. The fourth-order valence-corrected chi connectivity index (χ4v) is 5.09. The zero-order valence-corrected chi connectivity index (χ0v) is 18.1. The van der Waals surface area contributed by atoms with E-state index < -0.39 is 11.5 Å². The van der Waals surface area contributed by atoms with Gasteiger partial charge in [-0.1, -0.05) is 6.07 Å². The molecule has 1 amide bonds. The van der Waals surface area contributed by atoms with Crippen molar-refractivity contribution in [3.8, 4) is 5.75 Å². The summed E-state index contributed by atoms with van der Waals surface area (Å²) in [7, 11) is 0. The number of rotatable bonds is 8. The summed E-state index contributed by atoms with van der Waals surface area (Å²) in [5.74, 6) is -0.902. The maximum absolute atomic E-state index is 14.6. The van der Waals surface area contributed by atoms with Gasteiger partial charge in [-0.25, -0.2) is 4.39 Å². The first kappa shape index (κ1) is 22.9. The van der Waals surface area contributed by atoms with Gasteiger partial charge < -0.3 is 30.0 Å². The Hall–Kier alpha value is -2.23. The lowest BCUT2D eigenvalue weighted by molar-refractivity contribution is -0.138. The Labute approximate surface area is 186 Å².